The smallest absolute Gasteiger partial charge is 0.262 e. The molecule has 0 aromatic carbocycles. The molecule has 1 heterocycles. The van der Waals surface area contributed by atoms with Crippen LogP contribution in [0.15, 0.2) is 0 Å². The highest BCUT2D eigenvalue weighted by molar-refractivity contribution is 6.32. The summed E-state index contributed by atoms with van der Waals surface area (Å²) in [6, 6.07) is -5.53. The van der Waals surface area contributed by atoms with Crippen LogP contribution in [0, 0.1) is 0 Å². The van der Waals surface area contributed by atoms with E-state index in [-0.39, 0.29) is 0 Å². The minimum absolute atomic E-state index is 2.78. The van der Waals surface area contributed by atoms with E-state index in [1.165, 1.54) is 0 Å². The highest BCUT2D eigenvalue weighted by Gasteiger charge is 2.84. The molecule has 1 aliphatic rings. The Morgan fingerprint density at radius 2 is 1.06 bits per heavy atom. The lowest BCUT2D eigenvalue weighted by Crippen LogP contribution is -2.55. The molecule has 0 aliphatic carbocycles. The lowest BCUT2D eigenvalue weighted by atomic mass is 10.3. The molecule has 0 aromatic heterocycles. The first kappa shape index (κ1) is 15.0. The summed E-state index contributed by atoms with van der Waals surface area (Å²) >= 11 is 8.68. The molecule has 0 aromatic rings. The maximum atomic E-state index is 13.0. The van der Waals surface area contributed by atoms with Gasteiger partial charge >= 0.3 is 28.8 Å². The zero-order chi connectivity index (χ0) is 13.9. The van der Waals surface area contributed by atoms with Crippen LogP contribution in [0.3, 0.4) is 0 Å². The molecule has 1 saturated heterocycles. The molecule has 1 rings (SSSR count). The van der Waals surface area contributed by atoms with E-state index in [0.717, 1.165) is 0 Å². The third-order valence-corrected chi connectivity index (χ3v) is 2.33. The van der Waals surface area contributed by atoms with E-state index in [4.69, 9.17) is 0 Å². The summed E-state index contributed by atoms with van der Waals surface area (Å²) in [5, 5.41) is -9.12. The van der Waals surface area contributed by atoms with Gasteiger partial charge in [-0.1, -0.05) is 0 Å². The van der Waals surface area contributed by atoms with Crippen LogP contribution in [0.2, 0.25) is 0 Å². The predicted molar refractivity (Wildman–Crippen MR) is 36.4 cm³/mol. The minimum atomic E-state index is -6.55. The van der Waals surface area contributed by atoms with Crippen molar-refractivity contribution in [2.45, 2.75) is 28.8 Å². The van der Waals surface area contributed by atoms with Crippen molar-refractivity contribution in [2.24, 2.45) is 0 Å². The Kier molecular flexibility index (Phi) is 3.08. The van der Waals surface area contributed by atoms with E-state index in [1.54, 1.807) is 0 Å². The lowest BCUT2D eigenvalue weighted by Gasteiger charge is -2.28. The molecule has 17 heavy (non-hydrogen) atoms. The normalized spacial score (nSPS) is 44.1. The molecular formula is C5Cl2F8O2. The molecule has 0 spiro atoms. The predicted octanol–water partition coefficient (Wildman–Crippen LogP) is 3.58. The van der Waals surface area contributed by atoms with Crippen LogP contribution in [-0.4, -0.2) is 28.8 Å². The van der Waals surface area contributed by atoms with Crippen molar-refractivity contribution in [3.05, 3.63) is 0 Å². The Hall–Kier alpha value is -0.0600. The fraction of sp³-hybridized carbons (Fsp3) is 1.00. The number of ether oxygens (including phenoxy) is 2. The fourth-order valence-electron chi connectivity index (χ4n) is 0.767. The SMILES string of the molecule is FC(F)(F)C(F)(F)C1(F)OC(F)(Cl)C(F)(Cl)O1. The lowest BCUT2D eigenvalue weighted by molar-refractivity contribution is -0.445. The topological polar surface area (TPSA) is 18.5 Å². The molecule has 2 unspecified atom stereocenters. The van der Waals surface area contributed by atoms with Crippen LogP contribution in [0.5, 0.6) is 0 Å². The van der Waals surface area contributed by atoms with E-state index >= 15 is 0 Å². The second kappa shape index (κ2) is 3.49. The van der Waals surface area contributed by atoms with E-state index in [1.807, 2.05) is 0 Å². The van der Waals surface area contributed by atoms with Gasteiger partial charge in [0.05, 0.1) is 0 Å². The Morgan fingerprint density at radius 3 is 1.29 bits per heavy atom. The molecule has 2 nitrogen and oxygen atoms in total. The summed E-state index contributed by atoms with van der Waals surface area (Å²) in [7, 11) is 0. The summed E-state index contributed by atoms with van der Waals surface area (Å²) in [6.45, 7) is 0. The maximum absolute atomic E-state index is 13.0. The number of hydrogen-bond donors (Lipinski definition) is 0. The summed E-state index contributed by atoms with van der Waals surface area (Å²) in [4.78, 5) is 0. The second-order valence-electron chi connectivity index (χ2n) is 2.85. The van der Waals surface area contributed by atoms with Gasteiger partial charge in [-0.3, -0.25) is 9.47 Å². The van der Waals surface area contributed by atoms with Gasteiger partial charge in [0, 0.05) is 0 Å². The third-order valence-electron chi connectivity index (χ3n) is 1.59. The van der Waals surface area contributed by atoms with Crippen molar-refractivity contribution in [1.29, 1.82) is 0 Å². The summed E-state index contributed by atoms with van der Waals surface area (Å²) in [6.07, 6.45) is -6.55. The molecule has 0 N–H and O–H groups in total. The van der Waals surface area contributed by atoms with Crippen molar-refractivity contribution >= 4 is 23.2 Å². The van der Waals surface area contributed by atoms with E-state index < -0.39 is 28.8 Å². The first-order chi connectivity index (χ1) is 7.16. The quantitative estimate of drug-likeness (QED) is 0.544. The molecule has 1 fully saturated rings. The molecule has 0 saturated carbocycles. The molecule has 0 bridgehead atoms. The average molecular weight is 315 g/mol. The summed E-state index contributed by atoms with van der Waals surface area (Å²) in [5.74, 6) is -6.39. The fourth-order valence-corrected chi connectivity index (χ4v) is 1.04. The van der Waals surface area contributed by atoms with Crippen LogP contribution in [0.1, 0.15) is 0 Å². The van der Waals surface area contributed by atoms with Crippen molar-refractivity contribution in [3.8, 4) is 0 Å². The zero-order valence-corrected chi connectivity index (χ0v) is 8.61. The number of halogens is 10. The van der Waals surface area contributed by atoms with Crippen LogP contribution in [0.4, 0.5) is 35.1 Å². The Balaban J connectivity index is 3.18. The van der Waals surface area contributed by atoms with Crippen LogP contribution >= 0.6 is 23.2 Å². The molecule has 12 heteroatoms. The maximum Gasteiger partial charge on any atom is 0.462 e. The van der Waals surface area contributed by atoms with Gasteiger partial charge in [-0.2, -0.15) is 35.1 Å². The second-order valence-corrected chi connectivity index (χ2v) is 3.82. The highest BCUT2D eigenvalue weighted by Crippen LogP contribution is 2.59. The van der Waals surface area contributed by atoms with Gasteiger partial charge in [-0.25, -0.2) is 0 Å². The molecule has 1 aliphatic heterocycles. The van der Waals surface area contributed by atoms with Crippen LogP contribution in [0.25, 0.3) is 0 Å². The van der Waals surface area contributed by atoms with Gasteiger partial charge in [0.15, 0.2) is 0 Å². The number of hydrogen-bond acceptors (Lipinski definition) is 2. The number of alkyl halides is 10. The standard InChI is InChI=1S/C5Cl2F8O2/c6-2(10)3(7,11)17-5(15,16-2)1(8,9)4(12,13)14. The largest absolute Gasteiger partial charge is 0.462 e. The highest BCUT2D eigenvalue weighted by atomic mass is 35.5. The zero-order valence-electron chi connectivity index (χ0n) is 7.10. The Bertz CT molecular complexity index is 310. The van der Waals surface area contributed by atoms with Crippen molar-refractivity contribution in [3.63, 3.8) is 0 Å². The van der Waals surface area contributed by atoms with E-state index in [2.05, 4.69) is 32.7 Å². The molecule has 2 atom stereocenters. The molecule has 0 radical (unpaired) electrons. The monoisotopic (exact) mass is 314 g/mol. The van der Waals surface area contributed by atoms with Gasteiger partial charge in [-0.15, -0.1) is 0 Å². The van der Waals surface area contributed by atoms with Crippen molar-refractivity contribution < 1.29 is 44.6 Å². The van der Waals surface area contributed by atoms with Gasteiger partial charge in [0.2, 0.25) is 0 Å². The molecule has 102 valence electrons. The Morgan fingerprint density at radius 1 is 0.765 bits per heavy atom. The summed E-state index contributed by atoms with van der Waals surface area (Å²) < 4.78 is 104. The van der Waals surface area contributed by atoms with Crippen LogP contribution in [-0.2, 0) is 9.47 Å². The number of rotatable bonds is 1. The van der Waals surface area contributed by atoms with Gasteiger partial charge in [-0.05, 0) is 23.2 Å². The van der Waals surface area contributed by atoms with Gasteiger partial charge in [0.25, 0.3) is 0 Å². The van der Waals surface area contributed by atoms with Gasteiger partial charge < -0.3 is 0 Å². The van der Waals surface area contributed by atoms with Crippen molar-refractivity contribution in [2.75, 3.05) is 0 Å². The van der Waals surface area contributed by atoms with E-state index in [9.17, 15) is 35.1 Å². The van der Waals surface area contributed by atoms with E-state index in [0.29, 0.717) is 0 Å². The minimum Gasteiger partial charge on any atom is -0.262 e. The Labute approximate surface area is 97.4 Å². The van der Waals surface area contributed by atoms with Crippen LogP contribution < -0.4 is 0 Å². The average Bonchev–Trinajstić information content (AvgIpc) is 2.14. The molecular weight excluding hydrogens is 315 g/mol. The molecule has 0 amide bonds. The first-order valence-electron chi connectivity index (χ1n) is 3.46. The van der Waals surface area contributed by atoms with Crippen molar-refractivity contribution in [1.82, 2.24) is 0 Å². The third kappa shape index (κ3) is 2.04. The van der Waals surface area contributed by atoms with Gasteiger partial charge in [0.1, 0.15) is 0 Å². The first-order valence-corrected chi connectivity index (χ1v) is 4.21. The summed E-state index contributed by atoms with van der Waals surface area (Å²) in [5.41, 5.74) is 0.